The van der Waals surface area contributed by atoms with Gasteiger partial charge in [-0.25, -0.2) is 14.8 Å². The maximum Gasteiger partial charge on any atom is 0.374 e. The van der Waals surface area contributed by atoms with E-state index in [0.717, 1.165) is 0 Å². The predicted molar refractivity (Wildman–Crippen MR) is 52.7 cm³/mol. The third-order valence-electron chi connectivity index (χ3n) is 1.68. The number of aromatic amines is 1. The van der Waals surface area contributed by atoms with E-state index in [4.69, 9.17) is 16.3 Å². The molecule has 0 bridgehead atoms. The Labute approximate surface area is 89.7 Å². The average Bonchev–Trinajstić information content (AvgIpc) is 2.60. The van der Waals surface area contributed by atoms with Crippen molar-refractivity contribution in [1.29, 1.82) is 0 Å². The first-order chi connectivity index (χ1) is 7.20. The fourth-order valence-corrected chi connectivity index (χ4v) is 1.21. The summed E-state index contributed by atoms with van der Waals surface area (Å²) in [6.07, 6.45) is 1.46. The van der Waals surface area contributed by atoms with Crippen molar-refractivity contribution in [1.82, 2.24) is 19.9 Å². The Bertz CT molecular complexity index is 510. The second-order valence-corrected chi connectivity index (χ2v) is 3.02. The molecule has 0 saturated heterocycles. The van der Waals surface area contributed by atoms with E-state index in [1.807, 2.05) is 0 Å². The van der Waals surface area contributed by atoms with Crippen LogP contribution in [0.25, 0.3) is 11.2 Å². The molecule has 2 aromatic rings. The number of nitrogens with one attached hydrogen (secondary N) is 1. The van der Waals surface area contributed by atoms with E-state index >= 15 is 0 Å². The summed E-state index contributed by atoms with van der Waals surface area (Å²) in [5.74, 6) is -0.421. The number of hydrogen-bond donors (Lipinski definition) is 1. The van der Waals surface area contributed by atoms with Crippen molar-refractivity contribution in [2.75, 3.05) is 6.61 Å². The van der Waals surface area contributed by atoms with Crippen LogP contribution < -0.4 is 0 Å². The lowest BCUT2D eigenvalue weighted by Gasteiger charge is -1.95. The molecule has 2 aromatic heterocycles. The average molecular weight is 227 g/mol. The number of halogens is 1. The van der Waals surface area contributed by atoms with Gasteiger partial charge in [0.05, 0.1) is 12.8 Å². The minimum absolute atomic E-state index is 0.0874. The highest BCUT2D eigenvalue weighted by Crippen LogP contribution is 2.10. The van der Waals surface area contributed by atoms with Gasteiger partial charge in [0.15, 0.2) is 5.65 Å². The van der Waals surface area contributed by atoms with Crippen LogP contribution in [0.3, 0.4) is 0 Å². The summed E-state index contributed by atoms with van der Waals surface area (Å²) in [6.45, 7) is 2.01. The number of fused-ring (bicyclic) bond motifs is 1. The van der Waals surface area contributed by atoms with Crippen LogP contribution in [0.5, 0.6) is 0 Å². The standard InChI is InChI=1S/C8H7ClN4O2/c1-2-15-7(14)6-11-4-3-10-8(9)13-5(4)12-6/h3H,2H2,1H3,(H,10,11,12,13). The Kier molecular flexibility index (Phi) is 2.51. The number of hydrogen-bond acceptors (Lipinski definition) is 5. The monoisotopic (exact) mass is 226 g/mol. The number of carbonyl (C=O) groups is 1. The molecule has 0 aliphatic heterocycles. The predicted octanol–water partition coefficient (Wildman–Crippen LogP) is 1.18. The number of rotatable bonds is 2. The van der Waals surface area contributed by atoms with Crippen molar-refractivity contribution in [3.05, 3.63) is 17.3 Å². The largest absolute Gasteiger partial charge is 0.460 e. The van der Waals surface area contributed by atoms with Crippen LogP contribution >= 0.6 is 11.6 Å². The highest BCUT2D eigenvalue weighted by Gasteiger charge is 2.13. The molecule has 2 heterocycles. The van der Waals surface area contributed by atoms with Crippen molar-refractivity contribution in [3.63, 3.8) is 0 Å². The van der Waals surface area contributed by atoms with Crippen LogP contribution in [-0.4, -0.2) is 32.5 Å². The molecule has 0 aliphatic carbocycles. The molecule has 6 nitrogen and oxygen atoms in total. The number of ether oxygens (including phenoxy) is 1. The lowest BCUT2D eigenvalue weighted by molar-refractivity contribution is 0.0513. The molecule has 1 N–H and O–H groups in total. The maximum absolute atomic E-state index is 11.3. The third kappa shape index (κ3) is 1.89. The van der Waals surface area contributed by atoms with Gasteiger partial charge in [0, 0.05) is 0 Å². The van der Waals surface area contributed by atoms with E-state index in [1.54, 1.807) is 6.92 Å². The van der Waals surface area contributed by atoms with E-state index in [2.05, 4.69) is 19.9 Å². The second kappa shape index (κ2) is 3.82. The zero-order chi connectivity index (χ0) is 10.8. The van der Waals surface area contributed by atoms with Crippen molar-refractivity contribution < 1.29 is 9.53 Å². The minimum atomic E-state index is -0.522. The van der Waals surface area contributed by atoms with Gasteiger partial charge in [0.25, 0.3) is 0 Å². The molecule has 7 heteroatoms. The van der Waals surface area contributed by atoms with Gasteiger partial charge in [-0.1, -0.05) is 0 Å². The Balaban J connectivity index is 2.42. The van der Waals surface area contributed by atoms with Gasteiger partial charge in [-0.05, 0) is 18.5 Å². The van der Waals surface area contributed by atoms with Gasteiger partial charge in [0.2, 0.25) is 11.1 Å². The molecule has 15 heavy (non-hydrogen) atoms. The first-order valence-electron chi connectivity index (χ1n) is 4.26. The second-order valence-electron chi connectivity index (χ2n) is 2.68. The van der Waals surface area contributed by atoms with E-state index in [9.17, 15) is 4.79 Å². The van der Waals surface area contributed by atoms with E-state index < -0.39 is 5.97 Å². The normalized spacial score (nSPS) is 10.5. The maximum atomic E-state index is 11.3. The fraction of sp³-hybridized carbons (Fsp3) is 0.250. The molecule has 0 amide bonds. The number of nitrogens with zero attached hydrogens (tertiary/aromatic N) is 3. The van der Waals surface area contributed by atoms with Gasteiger partial charge in [0.1, 0.15) is 5.52 Å². The zero-order valence-corrected chi connectivity index (χ0v) is 8.58. The Morgan fingerprint density at radius 2 is 2.40 bits per heavy atom. The quantitative estimate of drug-likeness (QED) is 0.614. The topological polar surface area (TPSA) is 80.8 Å². The number of aromatic nitrogens is 4. The summed E-state index contributed by atoms with van der Waals surface area (Å²) in [6, 6.07) is 0. The number of imidazole rings is 1. The highest BCUT2D eigenvalue weighted by atomic mass is 35.5. The number of esters is 1. The molecule has 0 aromatic carbocycles. The van der Waals surface area contributed by atoms with Crippen molar-refractivity contribution in [3.8, 4) is 0 Å². The molecule has 2 rings (SSSR count). The van der Waals surface area contributed by atoms with E-state index in [0.29, 0.717) is 17.8 Å². The summed E-state index contributed by atoms with van der Waals surface area (Å²) < 4.78 is 4.77. The first-order valence-corrected chi connectivity index (χ1v) is 4.64. The molecule has 0 unspecified atom stereocenters. The van der Waals surface area contributed by atoms with Crippen LogP contribution in [0.2, 0.25) is 5.28 Å². The molecule has 0 atom stereocenters. The smallest absolute Gasteiger partial charge is 0.374 e. The van der Waals surface area contributed by atoms with Crippen LogP contribution in [0.1, 0.15) is 17.5 Å². The number of H-pyrrole nitrogens is 1. The first kappa shape index (κ1) is 9.85. The summed E-state index contributed by atoms with van der Waals surface area (Å²) in [5, 5.41) is 0.0874. The molecule has 0 saturated carbocycles. The van der Waals surface area contributed by atoms with Crippen molar-refractivity contribution >= 4 is 28.7 Å². The Morgan fingerprint density at radius 1 is 1.60 bits per heavy atom. The molecule has 78 valence electrons. The summed E-state index contributed by atoms with van der Waals surface area (Å²) >= 11 is 5.58. The Hall–Kier alpha value is -1.69. The summed E-state index contributed by atoms with van der Waals surface area (Å²) in [4.78, 5) is 25.6. The molecule has 0 radical (unpaired) electrons. The lowest BCUT2D eigenvalue weighted by atomic mass is 10.6. The fourth-order valence-electron chi connectivity index (χ4n) is 1.08. The number of carbonyl (C=O) groups excluding carboxylic acids is 1. The molecular weight excluding hydrogens is 220 g/mol. The molecule has 0 aliphatic rings. The third-order valence-corrected chi connectivity index (χ3v) is 1.86. The van der Waals surface area contributed by atoms with Gasteiger partial charge in [-0.3, -0.25) is 0 Å². The van der Waals surface area contributed by atoms with Gasteiger partial charge >= 0.3 is 5.97 Å². The van der Waals surface area contributed by atoms with Crippen molar-refractivity contribution in [2.24, 2.45) is 0 Å². The highest BCUT2D eigenvalue weighted by molar-refractivity contribution is 6.28. The van der Waals surface area contributed by atoms with Gasteiger partial charge in [-0.2, -0.15) is 4.98 Å². The minimum Gasteiger partial charge on any atom is -0.460 e. The Morgan fingerprint density at radius 3 is 3.13 bits per heavy atom. The van der Waals surface area contributed by atoms with E-state index in [-0.39, 0.29) is 11.1 Å². The molecule has 0 spiro atoms. The molecular formula is C8H7ClN4O2. The van der Waals surface area contributed by atoms with Crippen LogP contribution in [0.4, 0.5) is 0 Å². The summed E-state index contributed by atoms with van der Waals surface area (Å²) in [5.41, 5.74) is 0.889. The van der Waals surface area contributed by atoms with Gasteiger partial charge in [-0.15, -0.1) is 0 Å². The summed E-state index contributed by atoms with van der Waals surface area (Å²) in [7, 11) is 0. The van der Waals surface area contributed by atoms with Crippen LogP contribution in [0, 0.1) is 0 Å². The molecule has 0 fully saturated rings. The zero-order valence-electron chi connectivity index (χ0n) is 7.82. The lowest BCUT2D eigenvalue weighted by Crippen LogP contribution is -2.06. The van der Waals surface area contributed by atoms with Crippen LogP contribution in [-0.2, 0) is 4.74 Å². The van der Waals surface area contributed by atoms with Crippen molar-refractivity contribution in [2.45, 2.75) is 6.92 Å². The van der Waals surface area contributed by atoms with Crippen LogP contribution in [0.15, 0.2) is 6.20 Å². The van der Waals surface area contributed by atoms with E-state index in [1.165, 1.54) is 6.20 Å². The SMILES string of the molecule is CCOC(=O)c1nc2nc(Cl)ncc2[nH]1. The van der Waals surface area contributed by atoms with Gasteiger partial charge < -0.3 is 9.72 Å².